The third kappa shape index (κ3) is 3.39. The molecule has 3 heteroatoms. The predicted octanol–water partition coefficient (Wildman–Crippen LogP) is 3.58. The fraction of sp³-hybridized carbons (Fsp3) is 0.625. The highest BCUT2D eigenvalue weighted by molar-refractivity contribution is 9.10. The van der Waals surface area contributed by atoms with Crippen LogP contribution in [-0.4, -0.2) is 30.6 Å². The van der Waals surface area contributed by atoms with Gasteiger partial charge in [-0.15, -0.1) is 0 Å². The van der Waals surface area contributed by atoms with Gasteiger partial charge in [-0.3, -0.25) is 4.90 Å². The number of hydrogen-bond acceptors (Lipinski definition) is 2. The van der Waals surface area contributed by atoms with Crippen molar-refractivity contribution in [2.45, 2.75) is 38.3 Å². The van der Waals surface area contributed by atoms with Crippen LogP contribution in [0.15, 0.2) is 28.7 Å². The van der Waals surface area contributed by atoms with Crippen LogP contribution in [0.5, 0.6) is 0 Å². The summed E-state index contributed by atoms with van der Waals surface area (Å²) in [6.07, 6.45) is 4.12. The summed E-state index contributed by atoms with van der Waals surface area (Å²) in [4.78, 5) is 2.66. The van der Waals surface area contributed by atoms with Gasteiger partial charge in [0.25, 0.3) is 0 Å². The number of benzene rings is 1. The molecule has 0 radical (unpaired) electrons. The number of nitrogens with zero attached hydrogens (tertiary/aromatic N) is 1. The summed E-state index contributed by atoms with van der Waals surface area (Å²) in [5.41, 5.74) is 1.42. The van der Waals surface area contributed by atoms with E-state index < -0.39 is 0 Å². The summed E-state index contributed by atoms with van der Waals surface area (Å²) in [7, 11) is 0. The van der Waals surface area contributed by atoms with Crippen molar-refractivity contribution < 1.29 is 0 Å². The third-order valence-corrected chi connectivity index (χ3v) is 5.02. The first-order valence-corrected chi connectivity index (χ1v) is 8.26. The molecule has 19 heavy (non-hydrogen) atoms. The lowest BCUT2D eigenvalue weighted by atomic mass is 10.1. The topological polar surface area (TPSA) is 15.3 Å². The molecule has 0 aromatic heterocycles. The van der Waals surface area contributed by atoms with E-state index in [9.17, 15) is 0 Å². The molecule has 0 spiro atoms. The van der Waals surface area contributed by atoms with E-state index in [1.807, 2.05) is 0 Å². The van der Waals surface area contributed by atoms with E-state index in [1.165, 1.54) is 48.9 Å². The molecule has 1 aliphatic carbocycles. The smallest absolute Gasteiger partial charge is 0.0320 e. The molecule has 0 amide bonds. The van der Waals surface area contributed by atoms with Gasteiger partial charge in [0.2, 0.25) is 0 Å². The van der Waals surface area contributed by atoms with Crippen molar-refractivity contribution >= 4 is 15.9 Å². The zero-order valence-electron chi connectivity index (χ0n) is 11.6. The molecule has 2 atom stereocenters. The van der Waals surface area contributed by atoms with Crippen LogP contribution in [0.2, 0.25) is 0 Å². The van der Waals surface area contributed by atoms with Gasteiger partial charge in [-0.2, -0.15) is 0 Å². The van der Waals surface area contributed by atoms with E-state index >= 15 is 0 Å². The second-order valence-corrected chi connectivity index (χ2v) is 6.89. The Kier molecular flexibility index (Phi) is 4.25. The molecule has 1 aromatic carbocycles. The highest BCUT2D eigenvalue weighted by Crippen LogP contribution is 2.35. The van der Waals surface area contributed by atoms with E-state index in [2.05, 4.69) is 57.3 Å². The van der Waals surface area contributed by atoms with E-state index in [0.717, 1.165) is 12.0 Å². The molecule has 1 heterocycles. The van der Waals surface area contributed by atoms with Gasteiger partial charge in [0.15, 0.2) is 0 Å². The highest BCUT2D eigenvalue weighted by Gasteiger charge is 2.34. The van der Waals surface area contributed by atoms with Crippen LogP contribution in [0.25, 0.3) is 0 Å². The van der Waals surface area contributed by atoms with Gasteiger partial charge in [-0.1, -0.05) is 28.1 Å². The Morgan fingerprint density at radius 3 is 2.95 bits per heavy atom. The monoisotopic (exact) mass is 322 g/mol. The minimum absolute atomic E-state index is 0.513. The molecule has 1 N–H and O–H groups in total. The Hall–Kier alpha value is -0.380. The van der Waals surface area contributed by atoms with E-state index in [4.69, 9.17) is 0 Å². The lowest BCUT2D eigenvalue weighted by Crippen LogP contribution is -2.40. The second kappa shape index (κ2) is 5.94. The molecule has 1 aromatic rings. The molecule has 2 fully saturated rings. The van der Waals surface area contributed by atoms with Crippen LogP contribution in [0, 0.1) is 5.92 Å². The van der Waals surface area contributed by atoms with Gasteiger partial charge >= 0.3 is 0 Å². The summed E-state index contributed by atoms with van der Waals surface area (Å²) < 4.78 is 1.18. The largest absolute Gasteiger partial charge is 0.312 e. The number of halogens is 1. The quantitative estimate of drug-likeness (QED) is 0.915. The fourth-order valence-electron chi connectivity index (χ4n) is 3.12. The molecule has 3 rings (SSSR count). The predicted molar refractivity (Wildman–Crippen MR) is 83.3 cm³/mol. The normalized spacial score (nSPS) is 26.9. The first-order valence-electron chi connectivity index (χ1n) is 7.47. The average molecular weight is 323 g/mol. The Bertz CT molecular complexity index is 431. The van der Waals surface area contributed by atoms with Crippen molar-refractivity contribution in [3.05, 3.63) is 34.3 Å². The zero-order valence-corrected chi connectivity index (χ0v) is 13.2. The summed E-state index contributed by atoms with van der Waals surface area (Å²) in [6.45, 7) is 5.95. The van der Waals surface area contributed by atoms with Crippen LogP contribution >= 0.6 is 15.9 Å². The molecule has 0 bridgehead atoms. The average Bonchev–Trinajstić information content (AvgIpc) is 3.23. The maximum atomic E-state index is 3.74. The van der Waals surface area contributed by atoms with Gasteiger partial charge in [-0.25, -0.2) is 0 Å². The van der Waals surface area contributed by atoms with Crippen molar-refractivity contribution in [2.75, 3.05) is 19.6 Å². The Morgan fingerprint density at radius 2 is 2.21 bits per heavy atom. The SMILES string of the molecule is CC(c1cccc(Br)c1)N1CCCNC(C2CC2)C1. The summed E-state index contributed by atoms with van der Waals surface area (Å²) in [5, 5.41) is 3.74. The van der Waals surface area contributed by atoms with E-state index in [0.29, 0.717) is 6.04 Å². The zero-order chi connectivity index (χ0) is 13.2. The Labute approximate surface area is 124 Å². The van der Waals surface area contributed by atoms with Crippen LogP contribution in [0.1, 0.15) is 37.8 Å². The first-order chi connectivity index (χ1) is 9.24. The molecule has 2 unspecified atom stereocenters. The van der Waals surface area contributed by atoms with Crippen molar-refractivity contribution in [3.8, 4) is 0 Å². The highest BCUT2D eigenvalue weighted by atomic mass is 79.9. The number of nitrogens with one attached hydrogen (secondary N) is 1. The maximum Gasteiger partial charge on any atom is 0.0320 e. The molecule has 2 nitrogen and oxygen atoms in total. The Morgan fingerprint density at radius 1 is 1.37 bits per heavy atom. The van der Waals surface area contributed by atoms with Gasteiger partial charge in [0, 0.05) is 29.6 Å². The summed E-state index contributed by atoms with van der Waals surface area (Å²) in [5.74, 6) is 0.940. The van der Waals surface area contributed by atoms with Crippen molar-refractivity contribution in [2.24, 2.45) is 5.92 Å². The Balaban J connectivity index is 1.71. The lowest BCUT2D eigenvalue weighted by molar-refractivity contribution is 0.200. The third-order valence-electron chi connectivity index (χ3n) is 4.53. The minimum atomic E-state index is 0.513. The first kappa shape index (κ1) is 13.6. The van der Waals surface area contributed by atoms with E-state index in [1.54, 1.807) is 0 Å². The van der Waals surface area contributed by atoms with Gasteiger partial charge in [0.05, 0.1) is 0 Å². The number of hydrogen-bond donors (Lipinski definition) is 1. The molecular weight excluding hydrogens is 300 g/mol. The van der Waals surface area contributed by atoms with E-state index in [-0.39, 0.29) is 0 Å². The van der Waals surface area contributed by atoms with Crippen molar-refractivity contribution in [3.63, 3.8) is 0 Å². The summed E-state index contributed by atoms with van der Waals surface area (Å²) >= 11 is 3.58. The van der Waals surface area contributed by atoms with Gasteiger partial charge in [-0.05, 0) is 56.3 Å². The lowest BCUT2D eigenvalue weighted by Gasteiger charge is -2.30. The second-order valence-electron chi connectivity index (χ2n) is 5.98. The minimum Gasteiger partial charge on any atom is -0.312 e. The van der Waals surface area contributed by atoms with Crippen LogP contribution in [-0.2, 0) is 0 Å². The molecule has 1 saturated carbocycles. The van der Waals surface area contributed by atoms with Crippen LogP contribution in [0.3, 0.4) is 0 Å². The van der Waals surface area contributed by atoms with Gasteiger partial charge < -0.3 is 5.32 Å². The standard InChI is InChI=1S/C16H23BrN2/c1-12(14-4-2-5-15(17)10-14)19-9-3-8-18-16(11-19)13-6-7-13/h2,4-5,10,12-13,16,18H,3,6-9,11H2,1H3. The summed E-state index contributed by atoms with van der Waals surface area (Å²) in [6, 6.07) is 9.99. The fourth-order valence-corrected chi connectivity index (χ4v) is 3.54. The molecule has 104 valence electrons. The molecular formula is C16H23BrN2. The molecule has 1 aliphatic heterocycles. The number of rotatable bonds is 3. The van der Waals surface area contributed by atoms with Crippen LogP contribution in [0.4, 0.5) is 0 Å². The van der Waals surface area contributed by atoms with Crippen molar-refractivity contribution in [1.82, 2.24) is 10.2 Å². The molecule has 1 saturated heterocycles. The van der Waals surface area contributed by atoms with Crippen molar-refractivity contribution in [1.29, 1.82) is 0 Å². The van der Waals surface area contributed by atoms with Crippen LogP contribution < -0.4 is 5.32 Å². The maximum absolute atomic E-state index is 3.74. The molecule has 2 aliphatic rings. The van der Waals surface area contributed by atoms with Gasteiger partial charge in [0.1, 0.15) is 0 Å².